The van der Waals surface area contributed by atoms with Crippen LogP contribution < -0.4 is 4.74 Å². The molecule has 2 rings (SSSR count). The van der Waals surface area contributed by atoms with E-state index in [-0.39, 0.29) is 11.9 Å². The van der Waals surface area contributed by atoms with Crippen LogP contribution in [0, 0.1) is 11.8 Å². The maximum Gasteiger partial charge on any atom is 0.129 e. The Balaban J connectivity index is 1.88. The Labute approximate surface area is 122 Å². The van der Waals surface area contributed by atoms with E-state index < -0.39 is 0 Å². The molecule has 110 valence electrons. The number of hydrogen-bond donors (Lipinski definition) is 0. The fraction of sp³-hybridized carbons (Fsp3) is 0.611. The van der Waals surface area contributed by atoms with Crippen molar-refractivity contribution in [1.29, 1.82) is 0 Å². The van der Waals surface area contributed by atoms with E-state index in [0.717, 1.165) is 18.6 Å². The van der Waals surface area contributed by atoms with Gasteiger partial charge in [0.15, 0.2) is 0 Å². The fourth-order valence-corrected chi connectivity index (χ4v) is 3.08. The molecule has 1 fully saturated rings. The van der Waals surface area contributed by atoms with Crippen LogP contribution >= 0.6 is 0 Å². The molecule has 1 aliphatic carbocycles. The van der Waals surface area contributed by atoms with Gasteiger partial charge in [0.2, 0.25) is 0 Å². The van der Waals surface area contributed by atoms with Crippen molar-refractivity contribution in [2.75, 3.05) is 0 Å². The highest BCUT2D eigenvalue weighted by molar-refractivity contribution is 5.75. The third-order valence-electron chi connectivity index (χ3n) is 4.30. The molecule has 3 unspecified atom stereocenters. The van der Waals surface area contributed by atoms with E-state index in [1.165, 1.54) is 18.4 Å². The van der Waals surface area contributed by atoms with Crippen LogP contribution in [0.2, 0.25) is 0 Å². The molecular weight excluding hydrogens is 248 g/mol. The molecule has 2 nitrogen and oxygen atoms in total. The highest BCUT2D eigenvalue weighted by atomic mass is 16.5. The van der Waals surface area contributed by atoms with Gasteiger partial charge < -0.3 is 9.53 Å². The number of aryl methyl sites for hydroxylation is 1. The molecule has 0 heterocycles. The fourth-order valence-electron chi connectivity index (χ4n) is 3.08. The summed E-state index contributed by atoms with van der Waals surface area (Å²) in [5.41, 5.74) is 1.37. The molecule has 1 aromatic rings. The van der Waals surface area contributed by atoms with Crippen LogP contribution in [-0.4, -0.2) is 11.9 Å². The van der Waals surface area contributed by atoms with E-state index in [0.29, 0.717) is 18.3 Å². The van der Waals surface area contributed by atoms with Gasteiger partial charge in [-0.25, -0.2) is 0 Å². The molecule has 0 aromatic heterocycles. The van der Waals surface area contributed by atoms with Gasteiger partial charge in [-0.1, -0.05) is 32.4 Å². The third kappa shape index (κ3) is 3.84. The van der Waals surface area contributed by atoms with Gasteiger partial charge in [-0.15, -0.1) is 0 Å². The van der Waals surface area contributed by atoms with Gasteiger partial charge in [0, 0.05) is 6.42 Å². The second kappa shape index (κ2) is 6.92. The standard InChI is InChI=1S/C18H26O2/c1-4-5-15-7-10-17(11-8-15)20-18-13(2)12-16(18)9-6-14(3)19/h7-8,10-11,13,16,18H,4-6,9,12H2,1-3H3. The second-order valence-electron chi connectivity index (χ2n) is 6.19. The van der Waals surface area contributed by atoms with Crippen LogP contribution in [-0.2, 0) is 11.2 Å². The van der Waals surface area contributed by atoms with Crippen LogP contribution in [0.3, 0.4) is 0 Å². The number of rotatable bonds is 7. The minimum absolute atomic E-state index is 0.284. The van der Waals surface area contributed by atoms with E-state index in [4.69, 9.17) is 4.74 Å². The van der Waals surface area contributed by atoms with Gasteiger partial charge in [0.1, 0.15) is 17.6 Å². The van der Waals surface area contributed by atoms with Crippen LogP contribution in [0.1, 0.15) is 52.0 Å². The van der Waals surface area contributed by atoms with Crippen molar-refractivity contribution in [2.45, 2.75) is 59.0 Å². The predicted molar refractivity (Wildman–Crippen MR) is 82.0 cm³/mol. The summed E-state index contributed by atoms with van der Waals surface area (Å²) in [6.45, 7) is 6.10. The lowest BCUT2D eigenvalue weighted by Gasteiger charge is -2.42. The maximum atomic E-state index is 11.1. The summed E-state index contributed by atoms with van der Waals surface area (Å²) in [7, 11) is 0. The normalized spacial score (nSPS) is 25.1. The van der Waals surface area contributed by atoms with E-state index in [1.807, 2.05) is 0 Å². The molecule has 20 heavy (non-hydrogen) atoms. The number of carbonyl (C=O) groups excluding carboxylic acids is 1. The Morgan fingerprint density at radius 2 is 2.00 bits per heavy atom. The molecule has 0 bridgehead atoms. The zero-order chi connectivity index (χ0) is 14.5. The highest BCUT2D eigenvalue weighted by Gasteiger charge is 2.39. The lowest BCUT2D eigenvalue weighted by molar-refractivity contribution is -0.118. The molecular formula is C18H26O2. The first-order valence-electron chi connectivity index (χ1n) is 7.85. The monoisotopic (exact) mass is 274 g/mol. The molecule has 0 amide bonds. The van der Waals surface area contributed by atoms with Crippen molar-refractivity contribution in [3.05, 3.63) is 29.8 Å². The first-order valence-corrected chi connectivity index (χ1v) is 7.85. The first-order chi connectivity index (χ1) is 9.60. The van der Waals surface area contributed by atoms with Gasteiger partial charge in [-0.05, 0) is 55.7 Å². The number of hydrogen-bond acceptors (Lipinski definition) is 2. The molecule has 0 spiro atoms. The third-order valence-corrected chi connectivity index (χ3v) is 4.30. The average Bonchev–Trinajstić information content (AvgIpc) is 2.42. The average molecular weight is 274 g/mol. The van der Waals surface area contributed by atoms with Gasteiger partial charge in [-0.3, -0.25) is 0 Å². The summed E-state index contributed by atoms with van der Waals surface area (Å²) in [6, 6.07) is 8.48. The van der Waals surface area contributed by atoms with Gasteiger partial charge in [-0.2, -0.15) is 0 Å². The minimum Gasteiger partial charge on any atom is -0.490 e. The van der Waals surface area contributed by atoms with Crippen molar-refractivity contribution < 1.29 is 9.53 Å². The second-order valence-corrected chi connectivity index (χ2v) is 6.19. The smallest absolute Gasteiger partial charge is 0.129 e. The molecule has 0 radical (unpaired) electrons. The van der Waals surface area contributed by atoms with Crippen molar-refractivity contribution in [2.24, 2.45) is 11.8 Å². The summed E-state index contributed by atoms with van der Waals surface area (Å²) < 4.78 is 6.13. The number of ketones is 1. The zero-order valence-electron chi connectivity index (χ0n) is 12.9. The van der Waals surface area contributed by atoms with E-state index >= 15 is 0 Å². The Hall–Kier alpha value is -1.31. The zero-order valence-corrected chi connectivity index (χ0v) is 12.9. The summed E-state index contributed by atoms with van der Waals surface area (Å²) in [4.78, 5) is 11.1. The Bertz CT molecular complexity index is 435. The van der Waals surface area contributed by atoms with Crippen molar-refractivity contribution in [3.63, 3.8) is 0 Å². The summed E-state index contributed by atoms with van der Waals surface area (Å²) in [5.74, 6) is 2.40. The Kier molecular flexibility index (Phi) is 5.22. The van der Waals surface area contributed by atoms with Crippen molar-refractivity contribution >= 4 is 5.78 Å². The molecule has 0 N–H and O–H groups in total. The summed E-state index contributed by atoms with van der Waals surface area (Å²) in [6.07, 6.45) is 5.43. The van der Waals surface area contributed by atoms with Gasteiger partial charge in [0.05, 0.1) is 0 Å². The Morgan fingerprint density at radius 1 is 1.30 bits per heavy atom. The van der Waals surface area contributed by atoms with Crippen molar-refractivity contribution in [1.82, 2.24) is 0 Å². The molecule has 0 saturated heterocycles. The number of benzene rings is 1. The van der Waals surface area contributed by atoms with E-state index in [2.05, 4.69) is 38.1 Å². The van der Waals surface area contributed by atoms with E-state index in [1.54, 1.807) is 6.92 Å². The quantitative estimate of drug-likeness (QED) is 0.736. The maximum absolute atomic E-state index is 11.1. The van der Waals surface area contributed by atoms with Crippen LogP contribution in [0.5, 0.6) is 5.75 Å². The minimum atomic E-state index is 0.284. The van der Waals surface area contributed by atoms with Crippen LogP contribution in [0.25, 0.3) is 0 Å². The topological polar surface area (TPSA) is 26.3 Å². The molecule has 1 aromatic carbocycles. The SMILES string of the molecule is CCCc1ccc(OC2C(C)CC2CCC(C)=O)cc1. The summed E-state index contributed by atoms with van der Waals surface area (Å²) in [5, 5.41) is 0. The first kappa shape index (κ1) is 15.1. The van der Waals surface area contributed by atoms with Crippen LogP contribution in [0.15, 0.2) is 24.3 Å². The molecule has 1 saturated carbocycles. The summed E-state index contributed by atoms with van der Waals surface area (Å²) >= 11 is 0. The lowest BCUT2D eigenvalue weighted by Crippen LogP contribution is -2.44. The number of carbonyl (C=O) groups is 1. The lowest BCUT2D eigenvalue weighted by atomic mass is 9.70. The molecule has 2 heteroatoms. The van der Waals surface area contributed by atoms with Crippen LogP contribution in [0.4, 0.5) is 0 Å². The number of ether oxygens (including phenoxy) is 1. The Morgan fingerprint density at radius 3 is 2.55 bits per heavy atom. The van der Waals surface area contributed by atoms with Gasteiger partial charge >= 0.3 is 0 Å². The molecule has 0 aliphatic heterocycles. The van der Waals surface area contributed by atoms with E-state index in [9.17, 15) is 4.79 Å². The molecule has 1 aliphatic rings. The van der Waals surface area contributed by atoms with Crippen molar-refractivity contribution in [3.8, 4) is 5.75 Å². The largest absolute Gasteiger partial charge is 0.490 e. The van der Waals surface area contributed by atoms with Gasteiger partial charge in [0.25, 0.3) is 0 Å². The number of Topliss-reactive ketones (excluding diaryl/α,β-unsaturated/α-hetero) is 1. The molecule has 3 atom stereocenters. The highest BCUT2D eigenvalue weighted by Crippen LogP contribution is 2.39. The predicted octanol–water partition coefficient (Wildman–Crippen LogP) is 4.41.